The summed E-state index contributed by atoms with van der Waals surface area (Å²) in [5, 5.41) is 26.3. The van der Waals surface area contributed by atoms with Gasteiger partial charge in [0.2, 0.25) is 18.2 Å². The molecule has 2 aliphatic heterocycles. The number of hydrogen-bond donors (Lipinski definition) is 2. The number of carbonyl (C=O) groups is 4. The zero-order chi connectivity index (χ0) is 34.0. The number of ether oxygens (including phenoxy) is 5. The fourth-order valence-electron chi connectivity index (χ4n) is 12.7. The van der Waals surface area contributed by atoms with Gasteiger partial charge in [-0.15, -0.1) is 0 Å². The Hall–Kier alpha value is -2.94. The third kappa shape index (κ3) is 3.57. The molecule has 1 aromatic rings. The lowest BCUT2D eigenvalue weighted by Gasteiger charge is -2.69. The first kappa shape index (κ1) is 32.3. The van der Waals surface area contributed by atoms with E-state index in [1.165, 1.54) is 13.2 Å². The molecule has 0 radical (unpaired) electrons. The van der Waals surface area contributed by atoms with Gasteiger partial charge in [-0.1, -0.05) is 12.1 Å². The fourth-order valence-corrected chi connectivity index (χ4v) is 12.7. The number of methoxy groups -OCH3 is 4. The first-order valence-corrected chi connectivity index (χ1v) is 16.9. The average molecular weight is 669 g/mol. The lowest BCUT2D eigenvalue weighted by Crippen LogP contribution is -2.82. The number of piperidine rings is 1. The minimum Gasteiger partial charge on any atom is -0.461 e. The topological polar surface area (TPSA) is 161 Å². The van der Waals surface area contributed by atoms with Gasteiger partial charge in [-0.25, -0.2) is 9.69 Å². The molecule has 13 heteroatoms. The lowest BCUT2D eigenvalue weighted by atomic mass is 9.42. The highest BCUT2D eigenvalue weighted by Gasteiger charge is 2.92. The van der Waals surface area contributed by atoms with Crippen LogP contribution in [0.15, 0.2) is 24.3 Å². The van der Waals surface area contributed by atoms with Crippen LogP contribution in [0.25, 0.3) is 0 Å². The van der Waals surface area contributed by atoms with Crippen LogP contribution in [0.2, 0.25) is 0 Å². The third-order valence-corrected chi connectivity index (χ3v) is 13.9. The molecule has 8 rings (SSSR count). The number of aliphatic hydroxyl groups is 2. The lowest BCUT2D eigenvalue weighted by molar-refractivity contribution is -0.315. The minimum atomic E-state index is -1.92. The van der Waals surface area contributed by atoms with E-state index < -0.39 is 64.2 Å². The molecule has 7 aliphatic rings. The number of fused-ring (bicyclic) bond motifs is 2. The van der Waals surface area contributed by atoms with Crippen LogP contribution in [0.4, 0.5) is 5.69 Å². The fraction of sp³-hybridized carbons (Fsp3) is 0.714. The minimum absolute atomic E-state index is 0.0434. The zero-order valence-electron chi connectivity index (χ0n) is 27.7. The number of benzene rings is 1. The normalized spacial score (nSPS) is 46.7. The third-order valence-electron chi connectivity index (χ3n) is 13.9. The van der Waals surface area contributed by atoms with Crippen LogP contribution >= 0.6 is 0 Å². The number of imide groups is 1. The van der Waals surface area contributed by atoms with E-state index in [4.69, 9.17) is 23.7 Å². The molecule has 48 heavy (non-hydrogen) atoms. The number of para-hydroxylation sites is 1. The van der Waals surface area contributed by atoms with E-state index >= 15 is 0 Å². The number of hydrogen-bond acceptors (Lipinski definition) is 11. The van der Waals surface area contributed by atoms with Gasteiger partial charge in [0, 0.05) is 82.8 Å². The summed E-state index contributed by atoms with van der Waals surface area (Å²) in [5.41, 5.74) is -5.13. The van der Waals surface area contributed by atoms with Crippen LogP contribution in [0.1, 0.15) is 48.9 Å². The second-order valence-electron chi connectivity index (χ2n) is 15.1. The van der Waals surface area contributed by atoms with Crippen LogP contribution in [-0.2, 0) is 38.1 Å². The molecule has 2 heterocycles. The van der Waals surface area contributed by atoms with E-state index in [0.29, 0.717) is 19.3 Å². The molecule has 13 nitrogen and oxygen atoms in total. The summed E-state index contributed by atoms with van der Waals surface area (Å²) in [5.74, 6) is -2.69. The number of anilines is 1. The second kappa shape index (κ2) is 10.8. The number of amides is 3. The summed E-state index contributed by atoms with van der Waals surface area (Å²) in [6, 6.07) is 5.55. The Kier molecular flexibility index (Phi) is 7.25. The Morgan fingerprint density at radius 1 is 1.02 bits per heavy atom. The standard InChI is InChI=1S/C35H44N2O11/c1-44-22-14-33(42)26-20(13-19(22)27(26)46-3)34-23(45-2)11-12-32(15-36(17-38)31(34)35(33,43)29(47-4)28(32)34)16-48-30(41)18-7-5-6-8-21(18)37-24(39)9-10-25(37)40/h5-8,17,19-20,22-23,26-29,31,42-43H,9-16H2,1-4H3/t19-,20-,22+,23+,26-,27+,28-,29+,31+,32-,33-,34+,35+/m1/s1. The second-order valence-corrected chi connectivity index (χ2v) is 15.1. The van der Waals surface area contributed by atoms with Crippen molar-refractivity contribution in [3.63, 3.8) is 0 Å². The highest BCUT2D eigenvalue weighted by molar-refractivity contribution is 6.21. The summed E-state index contributed by atoms with van der Waals surface area (Å²) >= 11 is 0. The number of esters is 1. The first-order chi connectivity index (χ1) is 23.0. The molecule has 1 aromatic carbocycles. The van der Waals surface area contributed by atoms with Gasteiger partial charge in [0.25, 0.3) is 0 Å². The van der Waals surface area contributed by atoms with Crippen molar-refractivity contribution in [1.82, 2.24) is 4.90 Å². The van der Waals surface area contributed by atoms with E-state index in [9.17, 15) is 29.4 Å². The molecule has 1 spiro atoms. The molecular formula is C35H44N2O11. The Balaban J connectivity index is 1.24. The van der Waals surface area contributed by atoms with Gasteiger partial charge in [-0.2, -0.15) is 0 Å². The number of carbonyl (C=O) groups excluding carboxylic acids is 4. The highest BCUT2D eigenvalue weighted by atomic mass is 16.5. The Labute approximate surface area is 278 Å². The quantitative estimate of drug-likeness (QED) is 0.219. The molecule has 0 unspecified atom stereocenters. The Morgan fingerprint density at radius 2 is 1.75 bits per heavy atom. The summed E-state index contributed by atoms with van der Waals surface area (Å²) in [6.07, 6.45) is 0.620. The molecular weight excluding hydrogens is 624 g/mol. The summed E-state index contributed by atoms with van der Waals surface area (Å²) in [6.45, 7) is 0.0497. The van der Waals surface area contributed by atoms with Crippen LogP contribution in [0.5, 0.6) is 0 Å². The van der Waals surface area contributed by atoms with Gasteiger partial charge in [0.05, 0.1) is 48.3 Å². The summed E-state index contributed by atoms with van der Waals surface area (Å²) in [7, 11) is 6.41. The van der Waals surface area contributed by atoms with Gasteiger partial charge in [0.1, 0.15) is 11.2 Å². The van der Waals surface area contributed by atoms with E-state index in [1.807, 2.05) is 0 Å². The van der Waals surface area contributed by atoms with Gasteiger partial charge >= 0.3 is 5.97 Å². The van der Waals surface area contributed by atoms with Crippen LogP contribution in [0.3, 0.4) is 0 Å². The number of rotatable bonds is 9. The molecule has 5 aliphatic carbocycles. The molecule has 5 saturated carbocycles. The van der Waals surface area contributed by atoms with Crippen molar-refractivity contribution in [1.29, 1.82) is 0 Å². The zero-order valence-corrected chi connectivity index (χ0v) is 27.7. The summed E-state index contributed by atoms with van der Waals surface area (Å²) < 4.78 is 30.8. The van der Waals surface area contributed by atoms with Gasteiger partial charge in [0.15, 0.2) is 0 Å². The van der Waals surface area contributed by atoms with Crippen molar-refractivity contribution < 1.29 is 53.1 Å². The van der Waals surface area contributed by atoms with Crippen molar-refractivity contribution in [3.05, 3.63) is 29.8 Å². The maximum absolute atomic E-state index is 13.9. The summed E-state index contributed by atoms with van der Waals surface area (Å²) in [4.78, 5) is 54.9. The Morgan fingerprint density at radius 3 is 2.40 bits per heavy atom. The van der Waals surface area contributed by atoms with Crippen molar-refractivity contribution >= 4 is 29.9 Å². The van der Waals surface area contributed by atoms with E-state index in [1.54, 1.807) is 44.4 Å². The van der Waals surface area contributed by atoms with Crippen molar-refractivity contribution in [2.24, 2.45) is 34.5 Å². The smallest absolute Gasteiger partial charge is 0.340 e. The van der Waals surface area contributed by atoms with Crippen LogP contribution in [-0.4, -0.2) is 123 Å². The molecule has 7 bridgehead atoms. The monoisotopic (exact) mass is 668 g/mol. The van der Waals surface area contributed by atoms with E-state index in [2.05, 4.69) is 0 Å². The average Bonchev–Trinajstić information content (AvgIpc) is 3.66. The van der Waals surface area contributed by atoms with Crippen LogP contribution < -0.4 is 4.90 Å². The van der Waals surface area contributed by atoms with Crippen molar-refractivity contribution in [3.8, 4) is 0 Å². The largest absolute Gasteiger partial charge is 0.461 e. The van der Waals surface area contributed by atoms with Crippen molar-refractivity contribution in [2.75, 3.05) is 46.5 Å². The molecule has 2 N–H and O–H groups in total. The van der Waals surface area contributed by atoms with Crippen LogP contribution in [0, 0.1) is 34.5 Å². The molecule has 0 aromatic heterocycles. The maximum Gasteiger partial charge on any atom is 0.340 e. The van der Waals surface area contributed by atoms with E-state index in [0.717, 1.165) is 11.3 Å². The van der Waals surface area contributed by atoms with Gasteiger partial charge < -0.3 is 38.8 Å². The Bertz CT molecular complexity index is 1540. The number of likely N-dealkylation sites (tertiary alicyclic amines) is 1. The molecule has 260 valence electrons. The van der Waals surface area contributed by atoms with Crippen molar-refractivity contribution in [2.45, 2.75) is 80.2 Å². The van der Waals surface area contributed by atoms with Gasteiger partial charge in [-0.05, 0) is 37.3 Å². The predicted molar refractivity (Wildman–Crippen MR) is 165 cm³/mol. The molecule has 7 fully saturated rings. The highest BCUT2D eigenvalue weighted by Crippen LogP contribution is 2.80. The molecule has 2 saturated heterocycles. The maximum atomic E-state index is 13.9. The molecule has 13 atom stereocenters. The van der Waals surface area contributed by atoms with Gasteiger partial charge in [-0.3, -0.25) is 14.4 Å². The number of nitrogens with zero attached hydrogens (tertiary/aromatic N) is 2. The predicted octanol–water partition coefficient (Wildman–Crippen LogP) is 0.926. The molecule has 3 amide bonds. The first-order valence-electron chi connectivity index (χ1n) is 16.9. The van der Waals surface area contributed by atoms with E-state index in [-0.39, 0.29) is 73.4 Å². The SMILES string of the molecule is CO[C@H]1[C@@H]2C[C@@H]3[C@H]1[C@](O)(C[C@@H]2OC)[C@]1(O)[C@@H](OC)[C@@H]2[C@]4(COC(=O)c5ccccc5N5C(=O)CCC5=O)CC[C@H](OC)[C@@]32[C@@H]1N(C=O)C4.